The molecule has 0 saturated heterocycles. The second-order valence-corrected chi connectivity index (χ2v) is 4.69. The van der Waals surface area contributed by atoms with Gasteiger partial charge in [0.05, 0.1) is 13.0 Å². The van der Waals surface area contributed by atoms with Crippen LogP contribution >= 0.6 is 0 Å². The molecule has 3 nitrogen and oxygen atoms in total. The van der Waals surface area contributed by atoms with Crippen molar-refractivity contribution >= 4 is 5.97 Å². The van der Waals surface area contributed by atoms with Crippen LogP contribution in [0.3, 0.4) is 0 Å². The van der Waals surface area contributed by atoms with Gasteiger partial charge in [-0.15, -0.1) is 0 Å². The standard InChI is InChI=1S/C13H18O3/c1-13(2,3)16-12(15)8-10-6-4-5-7-11(10)9-14/h4-7,14H,8-9H2,1-3H3. The summed E-state index contributed by atoms with van der Waals surface area (Å²) in [7, 11) is 0. The van der Waals surface area contributed by atoms with Gasteiger partial charge >= 0.3 is 5.97 Å². The number of esters is 1. The van der Waals surface area contributed by atoms with E-state index in [4.69, 9.17) is 9.84 Å². The first-order chi connectivity index (χ1) is 7.42. The van der Waals surface area contributed by atoms with Crippen LogP contribution in [0.2, 0.25) is 0 Å². The third kappa shape index (κ3) is 4.03. The first-order valence-corrected chi connectivity index (χ1v) is 5.32. The molecule has 0 fully saturated rings. The van der Waals surface area contributed by atoms with Crippen molar-refractivity contribution in [2.45, 2.75) is 39.4 Å². The van der Waals surface area contributed by atoms with Gasteiger partial charge in [-0.25, -0.2) is 0 Å². The first-order valence-electron chi connectivity index (χ1n) is 5.32. The van der Waals surface area contributed by atoms with Gasteiger partial charge in [-0.3, -0.25) is 4.79 Å². The minimum atomic E-state index is -0.467. The molecule has 0 bridgehead atoms. The molecule has 0 aliphatic heterocycles. The maximum atomic E-state index is 11.6. The van der Waals surface area contributed by atoms with E-state index in [1.165, 1.54) is 0 Å². The fourth-order valence-electron chi connectivity index (χ4n) is 1.42. The van der Waals surface area contributed by atoms with Crippen LogP contribution in [0.4, 0.5) is 0 Å². The molecule has 1 N–H and O–H groups in total. The van der Waals surface area contributed by atoms with Crippen LogP contribution in [0.15, 0.2) is 24.3 Å². The van der Waals surface area contributed by atoms with Crippen molar-refractivity contribution in [3.05, 3.63) is 35.4 Å². The van der Waals surface area contributed by atoms with Crippen molar-refractivity contribution in [1.29, 1.82) is 0 Å². The van der Waals surface area contributed by atoms with Crippen molar-refractivity contribution < 1.29 is 14.6 Å². The molecular formula is C13H18O3. The summed E-state index contributed by atoms with van der Waals surface area (Å²) in [5.41, 5.74) is 1.12. The van der Waals surface area contributed by atoms with Gasteiger partial charge in [0, 0.05) is 0 Å². The van der Waals surface area contributed by atoms with Crippen LogP contribution < -0.4 is 0 Å². The zero-order chi connectivity index (χ0) is 12.2. The van der Waals surface area contributed by atoms with Gasteiger partial charge in [0.1, 0.15) is 5.60 Å². The van der Waals surface area contributed by atoms with Crippen molar-refractivity contribution in [3.63, 3.8) is 0 Å². The third-order valence-electron chi connectivity index (χ3n) is 2.04. The van der Waals surface area contributed by atoms with Crippen LogP contribution in [0.5, 0.6) is 0 Å². The van der Waals surface area contributed by atoms with Crippen molar-refractivity contribution in [1.82, 2.24) is 0 Å². The number of carbonyl (C=O) groups excluding carboxylic acids is 1. The highest BCUT2D eigenvalue weighted by Gasteiger charge is 2.17. The molecule has 0 heterocycles. The highest BCUT2D eigenvalue weighted by Crippen LogP contribution is 2.13. The van der Waals surface area contributed by atoms with E-state index in [2.05, 4.69) is 0 Å². The Balaban J connectivity index is 2.70. The fourth-order valence-corrected chi connectivity index (χ4v) is 1.42. The van der Waals surface area contributed by atoms with Gasteiger partial charge < -0.3 is 9.84 Å². The number of aliphatic hydroxyl groups is 1. The summed E-state index contributed by atoms with van der Waals surface area (Å²) in [4.78, 5) is 11.6. The van der Waals surface area contributed by atoms with Crippen LogP contribution in [-0.2, 0) is 22.6 Å². The average Bonchev–Trinajstić information content (AvgIpc) is 2.15. The molecule has 0 spiro atoms. The number of ether oxygens (including phenoxy) is 1. The van der Waals surface area contributed by atoms with E-state index in [1.54, 1.807) is 6.07 Å². The Kier molecular flexibility index (Phi) is 4.07. The summed E-state index contributed by atoms with van der Waals surface area (Å²) in [5, 5.41) is 9.11. The molecule has 1 aromatic carbocycles. The highest BCUT2D eigenvalue weighted by molar-refractivity contribution is 5.73. The number of rotatable bonds is 3. The molecule has 0 aliphatic rings. The predicted molar refractivity (Wildman–Crippen MR) is 61.9 cm³/mol. The number of benzene rings is 1. The zero-order valence-electron chi connectivity index (χ0n) is 9.99. The van der Waals surface area contributed by atoms with Crippen LogP contribution in [-0.4, -0.2) is 16.7 Å². The molecule has 88 valence electrons. The fraction of sp³-hybridized carbons (Fsp3) is 0.462. The van der Waals surface area contributed by atoms with Gasteiger partial charge in [0.15, 0.2) is 0 Å². The van der Waals surface area contributed by atoms with E-state index in [-0.39, 0.29) is 19.0 Å². The van der Waals surface area contributed by atoms with Gasteiger partial charge in [-0.05, 0) is 31.9 Å². The molecule has 0 unspecified atom stereocenters. The molecule has 0 saturated carbocycles. The topological polar surface area (TPSA) is 46.5 Å². The van der Waals surface area contributed by atoms with Crippen LogP contribution in [0.25, 0.3) is 0 Å². The summed E-state index contributed by atoms with van der Waals surface area (Å²) in [5.74, 6) is -0.270. The van der Waals surface area contributed by atoms with Crippen LogP contribution in [0, 0.1) is 0 Å². The van der Waals surface area contributed by atoms with Crippen molar-refractivity contribution in [2.24, 2.45) is 0 Å². The average molecular weight is 222 g/mol. The Hall–Kier alpha value is -1.35. The van der Waals surface area contributed by atoms with Gasteiger partial charge in [0.2, 0.25) is 0 Å². The number of aliphatic hydroxyl groups excluding tert-OH is 1. The highest BCUT2D eigenvalue weighted by atomic mass is 16.6. The summed E-state index contributed by atoms with van der Waals surface area (Å²) in [6, 6.07) is 7.32. The Morgan fingerprint density at radius 3 is 2.31 bits per heavy atom. The molecule has 1 rings (SSSR count). The molecule has 0 amide bonds. The second-order valence-electron chi connectivity index (χ2n) is 4.69. The molecule has 16 heavy (non-hydrogen) atoms. The van der Waals surface area contributed by atoms with Gasteiger partial charge in [-0.2, -0.15) is 0 Å². The smallest absolute Gasteiger partial charge is 0.310 e. The normalized spacial score (nSPS) is 11.2. The first kappa shape index (κ1) is 12.7. The van der Waals surface area contributed by atoms with E-state index in [0.29, 0.717) is 0 Å². The van der Waals surface area contributed by atoms with E-state index < -0.39 is 5.60 Å². The summed E-state index contributed by atoms with van der Waals surface area (Å²) >= 11 is 0. The Morgan fingerprint density at radius 1 is 1.25 bits per heavy atom. The Bertz CT molecular complexity index is 364. The monoisotopic (exact) mass is 222 g/mol. The summed E-state index contributed by atoms with van der Waals surface area (Å²) < 4.78 is 5.22. The summed E-state index contributed by atoms with van der Waals surface area (Å²) in [6.45, 7) is 5.45. The van der Waals surface area contributed by atoms with Gasteiger partial charge in [-0.1, -0.05) is 24.3 Å². The predicted octanol–water partition coefficient (Wildman–Crippen LogP) is 2.06. The lowest BCUT2D eigenvalue weighted by atomic mass is 10.1. The van der Waals surface area contributed by atoms with Crippen LogP contribution in [0.1, 0.15) is 31.9 Å². The maximum absolute atomic E-state index is 11.6. The number of hydrogen-bond acceptors (Lipinski definition) is 3. The van der Waals surface area contributed by atoms with Gasteiger partial charge in [0.25, 0.3) is 0 Å². The lowest BCUT2D eigenvalue weighted by Crippen LogP contribution is -2.25. The number of carbonyl (C=O) groups is 1. The number of hydrogen-bond donors (Lipinski definition) is 1. The molecule has 0 atom stereocenters. The van der Waals surface area contributed by atoms with Crippen molar-refractivity contribution in [2.75, 3.05) is 0 Å². The minimum Gasteiger partial charge on any atom is -0.460 e. The van der Waals surface area contributed by atoms with E-state index >= 15 is 0 Å². The van der Waals surface area contributed by atoms with E-state index in [0.717, 1.165) is 11.1 Å². The van der Waals surface area contributed by atoms with E-state index in [9.17, 15) is 4.79 Å². The largest absolute Gasteiger partial charge is 0.460 e. The Morgan fingerprint density at radius 2 is 1.81 bits per heavy atom. The molecule has 1 aromatic rings. The summed E-state index contributed by atoms with van der Waals surface area (Å²) in [6.07, 6.45) is 0.202. The molecule has 0 aromatic heterocycles. The molecular weight excluding hydrogens is 204 g/mol. The quantitative estimate of drug-likeness (QED) is 0.796. The minimum absolute atomic E-state index is 0.0566. The third-order valence-corrected chi connectivity index (χ3v) is 2.04. The SMILES string of the molecule is CC(C)(C)OC(=O)Cc1ccccc1CO. The second kappa shape index (κ2) is 5.12. The zero-order valence-corrected chi connectivity index (χ0v) is 9.99. The molecule has 0 aliphatic carbocycles. The Labute approximate surface area is 96.1 Å². The molecule has 0 radical (unpaired) electrons. The lowest BCUT2D eigenvalue weighted by Gasteiger charge is -2.19. The maximum Gasteiger partial charge on any atom is 0.310 e. The van der Waals surface area contributed by atoms with Crippen molar-refractivity contribution in [3.8, 4) is 0 Å². The molecule has 3 heteroatoms. The lowest BCUT2D eigenvalue weighted by molar-refractivity contribution is -0.153. The van der Waals surface area contributed by atoms with E-state index in [1.807, 2.05) is 39.0 Å².